The normalized spacial score (nSPS) is 15.6. The molecule has 1 aromatic carbocycles. The molecule has 1 aromatic heterocycles. The van der Waals surface area contributed by atoms with Crippen LogP contribution in [-0.2, 0) is 4.74 Å². The van der Waals surface area contributed by atoms with Crippen LogP contribution in [0.15, 0.2) is 46.5 Å². The van der Waals surface area contributed by atoms with Gasteiger partial charge in [0.25, 0.3) is 5.91 Å². The maximum absolute atomic E-state index is 12.6. The van der Waals surface area contributed by atoms with Crippen LogP contribution in [0.25, 0.3) is 0 Å². The summed E-state index contributed by atoms with van der Waals surface area (Å²) >= 11 is 1.52. The Bertz CT molecular complexity index is 757. The zero-order chi connectivity index (χ0) is 17.2. The molecule has 2 aromatic rings. The molecule has 1 saturated heterocycles. The highest BCUT2D eigenvalue weighted by molar-refractivity contribution is 7.99. The van der Waals surface area contributed by atoms with Crippen molar-refractivity contribution in [1.29, 1.82) is 0 Å². The summed E-state index contributed by atoms with van der Waals surface area (Å²) in [4.78, 5) is 18.0. The smallest absolute Gasteiger partial charge is 0.254 e. The number of carbonyl (C=O) groups excluding carboxylic acids is 1. The van der Waals surface area contributed by atoms with Crippen LogP contribution in [0.2, 0.25) is 0 Å². The van der Waals surface area contributed by atoms with Gasteiger partial charge in [-0.05, 0) is 49.2 Å². The molecular weight excluding hydrogens is 320 g/mol. The topological polar surface area (TPSA) is 51.2 Å². The fourth-order valence-corrected chi connectivity index (χ4v) is 3.45. The van der Waals surface area contributed by atoms with Crippen LogP contribution in [0.3, 0.4) is 0 Å². The van der Waals surface area contributed by atoms with Crippen molar-refractivity contribution in [1.82, 2.24) is 10.3 Å². The maximum Gasteiger partial charge on any atom is 0.254 e. The van der Waals surface area contributed by atoms with Crippen LogP contribution in [0.4, 0.5) is 0 Å². The van der Waals surface area contributed by atoms with E-state index in [-0.39, 0.29) is 11.3 Å². The summed E-state index contributed by atoms with van der Waals surface area (Å²) in [5.74, 6) is -0.0810. The molecule has 1 N–H and O–H groups in total. The Hall–Kier alpha value is -1.85. The first-order valence-corrected chi connectivity index (χ1v) is 8.85. The Morgan fingerprint density at radius 3 is 2.75 bits per heavy atom. The molecule has 0 bridgehead atoms. The third-order valence-electron chi connectivity index (χ3n) is 4.29. The average Bonchev–Trinajstić information content (AvgIpc) is 2.55. The minimum atomic E-state index is -0.0810. The predicted molar refractivity (Wildman–Crippen MR) is 95.5 cm³/mol. The van der Waals surface area contributed by atoms with E-state index in [0.717, 1.165) is 9.92 Å². The lowest BCUT2D eigenvalue weighted by atomic mass is 9.89. The van der Waals surface area contributed by atoms with Crippen molar-refractivity contribution in [3.05, 3.63) is 53.2 Å². The average molecular weight is 342 g/mol. The molecule has 3 rings (SSSR count). The van der Waals surface area contributed by atoms with Gasteiger partial charge in [0.1, 0.15) is 5.03 Å². The van der Waals surface area contributed by atoms with E-state index in [1.54, 1.807) is 12.3 Å². The first-order chi connectivity index (χ1) is 11.5. The number of hydrogen-bond acceptors (Lipinski definition) is 4. The van der Waals surface area contributed by atoms with Gasteiger partial charge in [-0.2, -0.15) is 0 Å². The Balaban J connectivity index is 1.74. The third kappa shape index (κ3) is 3.79. The lowest BCUT2D eigenvalue weighted by Crippen LogP contribution is -2.48. The molecule has 0 aliphatic carbocycles. The first-order valence-electron chi connectivity index (χ1n) is 8.03. The summed E-state index contributed by atoms with van der Waals surface area (Å²) in [6.07, 6.45) is 1.72. The van der Waals surface area contributed by atoms with E-state index in [4.69, 9.17) is 4.74 Å². The van der Waals surface area contributed by atoms with Crippen LogP contribution in [0.5, 0.6) is 0 Å². The molecular formula is C19H22N2O2S. The number of ether oxygens (including phenoxy) is 1. The molecule has 0 atom stereocenters. The zero-order valence-corrected chi connectivity index (χ0v) is 15.1. The fourth-order valence-electron chi connectivity index (χ4n) is 2.48. The second-order valence-corrected chi connectivity index (χ2v) is 7.75. The number of benzene rings is 1. The number of nitrogens with one attached hydrogen (secondary N) is 1. The number of aromatic nitrogens is 1. The van der Waals surface area contributed by atoms with Gasteiger partial charge in [-0.3, -0.25) is 4.79 Å². The van der Waals surface area contributed by atoms with Crippen LogP contribution in [0.1, 0.15) is 28.4 Å². The van der Waals surface area contributed by atoms with E-state index in [0.29, 0.717) is 25.3 Å². The molecule has 0 saturated carbocycles. The van der Waals surface area contributed by atoms with Gasteiger partial charge in [0.05, 0.1) is 18.8 Å². The largest absolute Gasteiger partial charge is 0.380 e. The van der Waals surface area contributed by atoms with E-state index < -0.39 is 0 Å². The molecule has 1 fully saturated rings. The molecule has 0 spiro atoms. The van der Waals surface area contributed by atoms with Crippen molar-refractivity contribution >= 4 is 17.7 Å². The van der Waals surface area contributed by atoms with Crippen molar-refractivity contribution in [3.8, 4) is 0 Å². The maximum atomic E-state index is 12.6. The number of amides is 1. The van der Waals surface area contributed by atoms with Gasteiger partial charge in [-0.25, -0.2) is 4.98 Å². The number of rotatable bonds is 5. The van der Waals surface area contributed by atoms with Crippen LogP contribution >= 0.6 is 11.8 Å². The molecule has 24 heavy (non-hydrogen) atoms. The number of aryl methyl sites for hydroxylation is 2. The lowest BCUT2D eigenvalue weighted by molar-refractivity contribution is -0.0978. The Morgan fingerprint density at radius 1 is 1.29 bits per heavy atom. The van der Waals surface area contributed by atoms with Crippen LogP contribution in [-0.4, -0.2) is 30.6 Å². The molecule has 0 radical (unpaired) electrons. The van der Waals surface area contributed by atoms with Crippen molar-refractivity contribution in [2.45, 2.75) is 30.7 Å². The van der Waals surface area contributed by atoms with Gasteiger partial charge in [0.2, 0.25) is 0 Å². The summed E-state index contributed by atoms with van der Waals surface area (Å²) < 4.78 is 5.23. The monoisotopic (exact) mass is 342 g/mol. The minimum absolute atomic E-state index is 0.0548. The summed E-state index contributed by atoms with van der Waals surface area (Å²) in [5.41, 5.74) is 3.16. The molecule has 2 heterocycles. The molecule has 126 valence electrons. The third-order valence-corrected chi connectivity index (χ3v) is 5.29. The van der Waals surface area contributed by atoms with Gasteiger partial charge < -0.3 is 10.1 Å². The molecule has 4 nitrogen and oxygen atoms in total. The van der Waals surface area contributed by atoms with Crippen molar-refractivity contribution < 1.29 is 9.53 Å². The summed E-state index contributed by atoms with van der Waals surface area (Å²) in [5, 5.41) is 3.75. The predicted octanol–water partition coefficient (Wildman–Crippen LogP) is 3.62. The highest BCUT2D eigenvalue weighted by atomic mass is 32.2. The summed E-state index contributed by atoms with van der Waals surface area (Å²) in [6, 6.07) is 9.91. The van der Waals surface area contributed by atoms with Gasteiger partial charge in [0, 0.05) is 23.1 Å². The second-order valence-electron chi connectivity index (χ2n) is 6.69. The highest BCUT2D eigenvalue weighted by Crippen LogP contribution is 2.30. The summed E-state index contributed by atoms with van der Waals surface area (Å²) in [7, 11) is 0. The summed E-state index contributed by atoms with van der Waals surface area (Å²) in [6.45, 7) is 8.31. The number of hydrogen-bond donors (Lipinski definition) is 1. The Labute approximate surface area is 147 Å². The van der Waals surface area contributed by atoms with E-state index in [1.165, 1.54) is 22.9 Å². The van der Waals surface area contributed by atoms with E-state index in [2.05, 4.69) is 49.3 Å². The number of pyridine rings is 1. The van der Waals surface area contributed by atoms with Crippen LogP contribution < -0.4 is 5.32 Å². The van der Waals surface area contributed by atoms with Gasteiger partial charge in [0.15, 0.2) is 0 Å². The van der Waals surface area contributed by atoms with Gasteiger partial charge >= 0.3 is 0 Å². The SMILES string of the molecule is Cc1ccc(Sc2ncccc2C(=O)NCC2(C)COC2)cc1C. The zero-order valence-electron chi connectivity index (χ0n) is 14.3. The van der Waals surface area contributed by atoms with Gasteiger partial charge in [-0.15, -0.1) is 0 Å². The molecule has 0 unspecified atom stereocenters. The quantitative estimate of drug-likeness (QED) is 0.902. The number of carbonyl (C=O) groups is 1. The molecule has 5 heteroatoms. The van der Waals surface area contributed by atoms with E-state index in [1.807, 2.05) is 6.07 Å². The molecule has 1 aliphatic heterocycles. The van der Waals surface area contributed by atoms with Crippen molar-refractivity contribution in [2.24, 2.45) is 5.41 Å². The van der Waals surface area contributed by atoms with E-state index in [9.17, 15) is 4.79 Å². The Kier molecular flexibility index (Phi) is 4.92. The molecule has 1 amide bonds. The number of nitrogens with zero attached hydrogens (tertiary/aromatic N) is 1. The minimum Gasteiger partial charge on any atom is -0.380 e. The standard InChI is InChI=1S/C19H22N2O2S/c1-13-6-7-15(9-14(13)2)24-18-16(5-4-8-20-18)17(22)21-10-19(3)11-23-12-19/h4-9H,10-12H2,1-3H3,(H,21,22). The van der Waals surface area contributed by atoms with Crippen molar-refractivity contribution in [2.75, 3.05) is 19.8 Å². The first kappa shape index (κ1) is 17.0. The van der Waals surface area contributed by atoms with E-state index >= 15 is 0 Å². The van der Waals surface area contributed by atoms with Crippen LogP contribution in [0, 0.1) is 19.3 Å². The Morgan fingerprint density at radius 2 is 2.08 bits per heavy atom. The second kappa shape index (κ2) is 6.95. The van der Waals surface area contributed by atoms with Gasteiger partial charge in [-0.1, -0.05) is 24.8 Å². The molecule has 1 aliphatic rings. The highest BCUT2D eigenvalue weighted by Gasteiger charge is 2.33. The van der Waals surface area contributed by atoms with Crippen molar-refractivity contribution in [3.63, 3.8) is 0 Å². The lowest BCUT2D eigenvalue weighted by Gasteiger charge is -2.38. The fraction of sp³-hybridized carbons (Fsp3) is 0.368.